The monoisotopic (exact) mass is 249 g/mol. The molecule has 96 valence electrons. The SMILES string of the molecule is COc1cccc(N2CC(=O)NC(=O)C2C)c1N. The third-order valence-electron chi connectivity index (χ3n) is 3.00. The van der Waals surface area contributed by atoms with Crippen LogP contribution in [-0.2, 0) is 9.59 Å². The predicted molar refractivity (Wildman–Crippen MR) is 67.4 cm³/mol. The standard InChI is InChI=1S/C12H15N3O3/c1-7-12(17)14-10(16)6-15(7)8-4-3-5-9(18-2)11(8)13/h3-5,7H,6,13H2,1-2H3,(H,14,16,17). The van der Waals surface area contributed by atoms with Crippen molar-refractivity contribution in [1.29, 1.82) is 0 Å². The molecule has 1 unspecified atom stereocenters. The second kappa shape index (κ2) is 4.56. The molecule has 1 saturated heterocycles. The average Bonchev–Trinajstić information content (AvgIpc) is 2.34. The van der Waals surface area contributed by atoms with Crippen molar-refractivity contribution in [3.05, 3.63) is 18.2 Å². The predicted octanol–water partition coefficient (Wildman–Crippen LogP) is 0.129. The van der Waals surface area contributed by atoms with Gasteiger partial charge in [0.15, 0.2) is 0 Å². The second-order valence-corrected chi connectivity index (χ2v) is 4.11. The topological polar surface area (TPSA) is 84.7 Å². The number of benzene rings is 1. The van der Waals surface area contributed by atoms with Gasteiger partial charge in [-0.05, 0) is 19.1 Å². The number of ether oxygens (including phenoxy) is 1. The zero-order valence-electron chi connectivity index (χ0n) is 10.3. The highest BCUT2D eigenvalue weighted by Crippen LogP contribution is 2.33. The van der Waals surface area contributed by atoms with Crippen molar-refractivity contribution in [2.24, 2.45) is 0 Å². The fourth-order valence-corrected chi connectivity index (χ4v) is 1.97. The summed E-state index contributed by atoms with van der Waals surface area (Å²) in [5.41, 5.74) is 7.02. The Hall–Kier alpha value is -2.24. The summed E-state index contributed by atoms with van der Waals surface area (Å²) in [6.45, 7) is 1.82. The summed E-state index contributed by atoms with van der Waals surface area (Å²) in [4.78, 5) is 24.7. The van der Waals surface area contributed by atoms with Crippen LogP contribution in [0.15, 0.2) is 18.2 Å². The molecular formula is C12H15N3O3. The first-order valence-corrected chi connectivity index (χ1v) is 5.57. The van der Waals surface area contributed by atoms with E-state index in [0.29, 0.717) is 17.1 Å². The smallest absolute Gasteiger partial charge is 0.249 e. The summed E-state index contributed by atoms with van der Waals surface area (Å²) in [5.74, 6) is -0.132. The van der Waals surface area contributed by atoms with Crippen molar-refractivity contribution in [3.63, 3.8) is 0 Å². The third kappa shape index (κ3) is 1.97. The number of nitrogens with one attached hydrogen (secondary N) is 1. The van der Waals surface area contributed by atoms with Crippen molar-refractivity contribution >= 4 is 23.2 Å². The molecule has 18 heavy (non-hydrogen) atoms. The van der Waals surface area contributed by atoms with Crippen LogP contribution in [0.4, 0.5) is 11.4 Å². The summed E-state index contributed by atoms with van der Waals surface area (Å²) < 4.78 is 5.13. The van der Waals surface area contributed by atoms with E-state index in [1.807, 2.05) is 0 Å². The molecule has 1 aliphatic rings. The van der Waals surface area contributed by atoms with Gasteiger partial charge in [0.2, 0.25) is 11.8 Å². The zero-order valence-corrected chi connectivity index (χ0v) is 10.3. The lowest BCUT2D eigenvalue weighted by molar-refractivity contribution is -0.132. The van der Waals surface area contributed by atoms with Crippen molar-refractivity contribution in [1.82, 2.24) is 5.32 Å². The number of amides is 2. The number of anilines is 2. The highest BCUT2D eigenvalue weighted by Gasteiger charge is 2.31. The van der Waals surface area contributed by atoms with Crippen LogP contribution in [0, 0.1) is 0 Å². The highest BCUT2D eigenvalue weighted by atomic mass is 16.5. The molecule has 1 heterocycles. The van der Waals surface area contributed by atoms with E-state index in [4.69, 9.17) is 10.5 Å². The minimum Gasteiger partial charge on any atom is -0.495 e. The first-order valence-electron chi connectivity index (χ1n) is 5.57. The van der Waals surface area contributed by atoms with Crippen molar-refractivity contribution in [2.75, 3.05) is 24.3 Å². The molecule has 1 fully saturated rings. The maximum absolute atomic E-state index is 11.6. The first kappa shape index (κ1) is 12.2. The molecule has 0 bridgehead atoms. The first-order chi connectivity index (χ1) is 8.54. The number of para-hydroxylation sites is 1. The van der Waals surface area contributed by atoms with E-state index in [2.05, 4.69) is 5.32 Å². The van der Waals surface area contributed by atoms with E-state index >= 15 is 0 Å². The van der Waals surface area contributed by atoms with E-state index in [0.717, 1.165) is 0 Å². The second-order valence-electron chi connectivity index (χ2n) is 4.11. The minimum atomic E-state index is -0.447. The van der Waals surface area contributed by atoms with E-state index < -0.39 is 6.04 Å². The molecule has 0 saturated carbocycles. The van der Waals surface area contributed by atoms with Crippen LogP contribution in [0.25, 0.3) is 0 Å². The number of carbonyl (C=O) groups is 2. The lowest BCUT2D eigenvalue weighted by Gasteiger charge is -2.34. The number of methoxy groups -OCH3 is 1. The number of nitrogens with two attached hydrogens (primary N) is 1. The molecule has 0 spiro atoms. The summed E-state index contributed by atoms with van der Waals surface area (Å²) in [6, 6.07) is 4.82. The molecule has 1 atom stereocenters. The number of imide groups is 1. The minimum absolute atomic E-state index is 0.101. The van der Waals surface area contributed by atoms with Crippen LogP contribution in [-0.4, -0.2) is 31.5 Å². The Kier molecular flexibility index (Phi) is 3.10. The molecule has 6 nitrogen and oxygen atoms in total. The third-order valence-corrected chi connectivity index (χ3v) is 3.00. The van der Waals surface area contributed by atoms with E-state index in [9.17, 15) is 9.59 Å². The van der Waals surface area contributed by atoms with Gasteiger partial charge in [-0.3, -0.25) is 14.9 Å². The Bertz CT molecular complexity index is 501. The highest BCUT2D eigenvalue weighted by molar-refractivity contribution is 6.05. The molecule has 0 radical (unpaired) electrons. The van der Waals surface area contributed by atoms with Crippen molar-refractivity contribution in [3.8, 4) is 5.75 Å². The normalized spacial score (nSPS) is 19.7. The number of piperazine rings is 1. The summed E-state index contributed by atoms with van der Waals surface area (Å²) in [6.07, 6.45) is 0. The van der Waals surface area contributed by atoms with Gasteiger partial charge in [-0.2, -0.15) is 0 Å². The lowest BCUT2D eigenvalue weighted by Crippen LogP contribution is -2.57. The van der Waals surface area contributed by atoms with E-state index in [1.54, 1.807) is 30.0 Å². The Morgan fingerprint density at radius 1 is 1.44 bits per heavy atom. The molecule has 1 aromatic carbocycles. The van der Waals surface area contributed by atoms with Crippen LogP contribution < -0.4 is 20.7 Å². The largest absolute Gasteiger partial charge is 0.495 e. The van der Waals surface area contributed by atoms with E-state index in [1.165, 1.54) is 7.11 Å². The molecule has 3 N–H and O–H groups in total. The number of nitrogen functional groups attached to an aromatic ring is 1. The zero-order chi connectivity index (χ0) is 13.3. The van der Waals surface area contributed by atoms with Gasteiger partial charge in [0, 0.05) is 0 Å². The van der Waals surface area contributed by atoms with Crippen LogP contribution >= 0.6 is 0 Å². The number of rotatable bonds is 2. The molecule has 2 amide bonds. The van der Waals surface area contributed by atoms with Gasteiger partial charge >= 0.3 is 0 Å². The molecule has 1 aromatic rings. The fraction of sp³-hybridized carbons (Fsp3) is 0.333. The quantitative estimate of drug-likeness (QED) is 0.575. The Morgan fingerprint density at radius 3 is 2.83 bits per heavy atom. The van der Waals surface area contributed by atoms with Crippen LogP contribution in [0.1, 0.15) is 6.92 Å². The molecule has 0 aromatic heterocycles. The summed E-state index contributed by atoms with van der Waals surface area (Å²) in [7, 11) is 1.52. The molecule has 0 aliphatic carbocycles. The number of hydrogen-bond donors (Lipinski definition) is 2. The maximum Gasteiger partial charge on any atom is 0.249 e. The van der Waals surface area contributed by atoms with Crippen molar-refractivity contribution < 1.29 is 14.3 Å². The van der Waals surface area contributed by atoms with Gasteiger partial charge in [0.25, 0.3) is 0 Å². The Morgan fingerprint density at radius 2 is 2.17 bits per heavy atom. The Labute approximate surface area is 105 Å². The number of carbonyl (C=O) groups excluding carboxylic acids is 2. The van der Waals surface area contributed by atoms with E-state index in [-0.39, 0.29) is 18.4 Å². The summed E-state index contributed by atoms with van der Waals surface area (Å²) >= 11 is 0. The summed E-state index contributed by atoms with van der Waals surface area (Å²) in [5, 5.41) is 2.29. The van der Waals surface area contributed by atoms with Gasteiger partial charge in [-0.15, -0.1) is 0 Å². The van der Waals surface area contributed by atoms with Gasteiger partial charge in [-0.1, -0.05) is 6.07 Å². The maximum atomic E-state index is 11.6. The molecular weight excluding hydrogens is 234 g/mol. The lowest BCUT2D eigenvalue weighted by atomic mass is 10.1. The number of nitrogens with zero attached hydrogens (tertiary/aromatic N) is 1. The van der Waals surface area contributed by atoms with Gasteiger partial charge in [-0.25, -0.2) is 0 Å². The fourth-order valence-electron chi connectivity index (χ4n) is 1.97. The van der Waals surface area contributed by atoms with Gasteiger partial charge in [0.05, 0.1) is 25.0 Å². The van der Waals surface area contributed by atoms with Crippen molar-refractivity contribution in [2.45, 2.75) is 13.0 Å². The van der Waals surface area contributed by atoms with Crippen LogP contribution in [0.5, 0.6) is 5.75 Å². The number of hydrogen-bond acceptors (Lipinski definition) is 5. The van der Waals surface area contributed by atoms with Gasteiger partial charge < -0.3 is 15.4 Å². The molecule has 2 rings (SSSR count). The van der Waals surface area contributed by atoms with Crippen LogP contribution in [0.2, 0.25) is 0 Å². The average molecular weight is 249 g/mol. The molecule has 1 aliphatic heterocycles. The molecule has 6 heteroatoms. The van der Waals surface area contributed by atoms with Gasteiger partial charge in [0.1, 0.15) is 11.8 Å². The Balaban J connectivity index is 2.41. The van der Waals surface area contributed by atoms with Crippen LogP contribution in [0.3, 0.4) is 0 Å².